The molecule has 2 N–H and O–H groups in total. The number of aliphatic hydroxyl groups is 1. The lowest BCUT2D eigenvalue weighted by Crippen LogP contribution is -2.61. The highest BCUT2D eigenvalue weighted by molar-refractivity contribution is 6.18. The third-order valence-electron chi connectivity index (χ3n) is 14.8. The van der Waals surface area contributed by atoms with Crippen LogP contribution in [0.3, 0.4) is 0 Å². The van der Waals surface area contributed by atoms with Gasteiger partial charge in [-0.1, -0.05) is 44.2 Å². The molecule has 1 aromatic heterocycles. The van der Waals surface area contributed by atoms with Gasteiger partial charge in [0.2, 0.25) is 5.91 Å². The van der Waals surface area contributed by atoms with Crippen LogP contribution in [0.1, 0.15) is 133 Å². The van der Waals surface area contributed by atoms with Gasteiger partial charge in [-0.3, -0.25) is 14.4 Å². The summed E-state index contributed by atoms with van der Waals surface area (Å²) >= 11 is 0. The van der Waals surface area contributed by atoms with Gasteiger partial charge in [0.15, 0.2) is 5.78 Å². The first-order valence-corrected chi connectivity index (χ1v) is 18.9. The van der Waals surface area contributed by atoms with E-state index in [1.54, 1.807) is 14.0 Å². The van der Waals surface area contributed by atoms with E-state index in [9.17, 15) is 19.5 Å². The molecule has 2 aliphatic heterocycles. The van der Waals surface area contributed by atoms with Crippen LogP contribution in [0.4, 0.5) is 0 Å². The summed E-state index contributed by atoms with van der Waals surface area (Å²) in [4.78, 5) is 41.1. The number of fused-ring (bicyclic) bond motifs is 11. The third kappa shape index (κ3) is 4.16. The Morgan fingerprint density at radius 1 is 1.10 bits per heavy atom. The molecule has 0 saturated heterocycles. The van der Waals surface area contributed by atoms with E-state index in [2.05, 4.69) is 83.1 Å². The van der Waals surface area contributed by atoms with Crippen molar-refractivity contribution in [1.29, 1.82) is 0 Å². The van der Waals surface area contributed by atoms with Crippen LogP contribution in [0.15, 0.2) is 48.1 Å². The van der Waals surface area contributed by atoms with Crippen LogP contribution >= 0.6 is 0 Å². The first kappa shape index (κ1) is 34.5. The summed E-state index contributed by atoms with van der Waals surface area (Å²) in [6.07, 6.45) is 11.2. The smallest absolute Gasteiger partial charge is 0.246 e. The van der Waals surface area contributed by atoms with Crippen molar-refractivity contribution < 1.29 is 24.2 Å². The number of rotatable bonds is 4. The Bertz CT molecular complexity index is 2090. The normalized spacial score (nSPS) is 37.2. The second-order valence-electron chi connectivity index (χ2n) is 18.4. The summed E-state index contributed by atoms with van der Waals surface area (Å²) in [6, 6.07) is 1.75. The lowest BCUT2D eigenvalue weighted by Gasteiger charge is -2.62. The van der Waals surface area contributed by atoms with Gasteiger partial charge in [0, 0.05) is 52.4 Å². The first-order valence-electron chi connectivity index (χ1n) is 18.9. The fourth-order valence-corrected chi connectivity index (χ4v) is 12.6. The summed E-state index contributed by atoms with van der Waals surface area (Å²) in [5, 5.41) is 16.0. The van der Waals surface area contributed by atoms with Gasteiger partial charge in [-0.25, -0.2) is 0 Å². The Hall–Kier alpha value is -3.55. The summed E-state index contributed by atoms with van der Waals surface area (Å²) in [7, 11) is 1.62. The molecule has 1 amide bonds. The molecule has 8 rings (SSSR count). The van der Waals surface area contributed by atoms with E-state index >= 15 is 0 Å². The molecule has 4 aliphatic carbocycles. The van der Waals surface area contributed by atoms with Crippen LogP contribution in [0.5, 0.6) is 0 Å². The summed E-state index contributed by atoms with van der Waals surface area (Å²) < 4.78 is 8.87. The third-order valence-corrected chi connectivity index (χ3v) is 14.8. The number of allylic oxidation sites excluding steroid dienone is 4. The van der Waals surface area contributed by atoms with E-state index in [0.717, 1.165) is 58.9 Å². The van der Waals surface area contributed by atoms with Gasteiger partial charge in [-0.15, -0.1) is 0 Å². The molecule has 2 aromatic rings. The fourth-order valence-electron chi connectivity index (χ4n) is 12.6. The Balaban J connectivity index is 1.35. The minimum absolute atomic E-state index is 0.0212. The van der Waals surface area contributed by atoms with Gasteiger partial charge >= 0.3 is 0 Å². The van der Waals surface area contributed by atoms with Crippen molar-refractivity contribution in [2.24, 2.45) is 28.6 Å². The predicted octanol–water partition coefficient (Wildman–Crippen LogP) is 8.05. The highest BCUT2D eigenvalue weighted by atomic mass is 16.5. The number of nitrogens with one attached hydrogen (secondary N) is 1. The molecule has 7 nitrogen and oxygen atoms in total. The molecule has 8 atom stereocenters. The molecular weight excluding hydrogens is 636 g/mol. The quantitative estimate of drug-likeness (QED) is 0.192. The lowest BCUT2D eigenvalue weighted by molar-refractivity contribution is -0.149. The molecule has 3 heterocycles. The first-order chi connectivity index (χ1) is 23.7. The van der Waals surface area contributed by atoms with Crippen molar-refractivity contribution in [2.75, 3.05) is 7.05 Å². The maximum absolute atomic E-state index is 14.9. The number of Topliss-reactive ketones (excluding diaryl/α,β-unsaturated/α-hetero) is 2. The maximum Gasteiger partial charge on any atom is 0.246 e. The lowest BCUT2D eigenvalue weighted by atomic mass is 9.41. The van der Waals surface area contributed by atoms with Gasteiger partial charge in [-0.05, 0) is 120 Å². The topological polar surface area (TPSA) is 97.6 Å². The zero-order chi connectivity index (χ0) is 37.0. The number of hydrogen-bond donors (Lipinski definition) is 2. The average molecular weight is 691 g/mol. The van der Waals surface area contributed by atoms with E-state index in [1.807, 2.05) is 19.1 Å². The Morgan fingerprint density at radius 2 is 1.80 bits per heavy atom. The highest BCUT2D eigenvalue weighted by Gasteiger charge is 2.68. The van der Waals surface area contributed by atoms with Crippen LogP contribution in [-0.2, 0) is 26.2 Å². The van der Waals surface area contributed by atoms with Gasteiger partial charge in [-0.2, -0.15) is 0 Å². The number of benzene rings is 1. The molecule has 2 saturated carbocycles. The monoisotopic (exact) mass is 690 g/mol. The van der Waals surface area contributed by atoms with Gasteiger partial charge in [0.25, 0.3) is 0 Å². The number of aliphatic hydroxyl groups excluding tert-OH is 1. The Labute approximate surface area is 302 Å². The minimum atomic E-state index is -0.861. The standard InChI is InChI=1S/C44H54N2O5/c1-22(2)34-37(49)32-31-25(28-21-40(4,5)51-41(6,7)33(28)36(31)48)20-26-27-19-24-14-15-29-42(8,17-12-13-23(3)39(50)45-11)30(47)16-18-43(29,9)44(24,10)38(27)46(34)35(26)32/h12-13,17,20-21,24,29,33-34,36,48H,1,14-16,18-19H2,2-11H3,(H,45,50)/b17-12+,23-13+/t24-,29-,33+,34-,36+,42-,43-,44+/m0/s1. The summed E-state index contributed by atoms with van der Waals surface area (Å²) in [5.41, 5.74) is 5.99. The average Bonchev–Trinajstić information content (AvgIpc) is 3.71. The fraction of sp³-hybridized carbons (Fsp3) is 0.568. The number of aromatic nitrogens is 1. The SMILES string of the molecule is C=C(C)[C@H]1C(=O)c2c3c(cc4c5c(n1c24)[C@@]1(C)[C@@H](CC[C@@H]2[C@]1(C)CCC(=O)[C@@]2(C)/C=C/C=C(\C)C(=O)NC)C5)C1=CC(C)(C)OC(C)(C)[C@H]1[C@@H]3O. The molecule has 7 heteroatoms. The Kier molecular flexibility index (Phi) is 7.13. The zero-order valence-corrected chi connectivity index (χ0v) is 32.0. The van der Waals surface area contributed by atoms with E-state index in [1.165, 1.54) is 11.3 Å². The molecule has 1 aromatic carbocycles. The maximum atomic E-state index is 14.9. The van der Waals surface area contributed by atoms with Crippen LogP contribution < -0.4 is 5.32 Å². The van der Waals surface area contributed by atoms with Gasteiger partial charge in [0.05, 0.1) is 28.4 Å². The number of nitrogens with zero attached hydrogens (tertiary/aromatic N) is 1. The van der Waals surface area contributed by atoms with Crippen molar-refractivity contribution in [1.82, 2.24) is 9.88 Å². The van der Waals surface area contributed by atoms with E-state index < -0.39 is 28.8 Å². The van der Waals surface area contributed by atoms with Crippen molar-refractivity contribution in [3.8, 4) is 0 Å². The van der Waals surface area contributed by atoms with Crippen LogP contribution in [-0.4, -0.2) is 45.4 Å². The largest absolute Gasteiger partial charge is 0.388 e. The van der Waals surface area contributed by atoms with Crippen molar-refractivity contribution in [2.45, 2.75) is 123 Å². The summed E-state index contributed by atoms with van der Waals surface area (Å²) in [5.74, 6) is 0.314. The minimum Gasteiger partial charge on any atom is -0.388 e. The second kappa shape index (κ2) is 10.5. The van der Waals surface area contributed by atoms with Crippen molar-refractivity contribution in [3.05, 3.63) is 76.0 Å². The van der Waals surface area contributed by atoms with Gasteiger partial charge in [0.1, 0.15) is 11.8 Å². The number of ketones is 2. The molecule has 51 heavy (non-hydrogen) atoms. The molecule has 0 radical (unpaired) electrons. The van der Waals surface area contributed by atoms with Crippen LogP contribution in [0, 0.1) is 28.6 Å². The number of amides is 1. The summed E-state index contributed by atoms with van der Waals surface area (Å²) in [6.45, 7) is 23.3. The molecule has 0 spiro atoms. The van der Waals surface area contributed by atoms with Gasteiger partial charge < -0.3 is 19.7 Å². The van der Waals surface area contributed by atoms with Crippen molar-refractivity contribution >= 4 is 33.9 Å². The predicted molar refractivity (Wildman–Crippen MR) is 200 cm³/mol. The zero-order valence-electron chi connectivity index (χ0n) is 32.0. The highest BCUT2D eigenvalue weighted by Crippen LogP contribution is 2.71. The van der Waals surface area contributed by atoms with E-state index in [4.69, 9.17) is 4.74 Å². The van der Waals surface area contributed by atoms with Crippen molar-refractivity contribution in [3.63, 3.8) is 0 Å². The number of carbonyl (C=O) groups is 3. The molecule has 2 fully saturated rings. The van der Waals surface area contributed by atoms with Crippen LogP contribution in [0.2, 0.25) is 0 Å². The van der Waals surface area contributed by atoms with Crippen LogP contribution in [0.25, 0.3) is 16.5 Å². The molecule has 270 valence electrons. The number of ether oxygens (including phenoxy) is 1. The number of carbonyl (C=O) groups excluding carboxylic acids is 3. The number of likely N-dealkylation sites (N-methyl/N-ethyl adjacent to an activating group) is 1. The Morgan fingerprint density at radius 3 is 2.47 bits per heavy atom. The molecule has 0 bridgehead atoms. The molecule has 0 unspecified atom stereocenters. The molecule has 6 aliphatic rings. The van der Waals surface area contributed by atoms with E-state index in [0.29, 0.717) is 23.5 Å². The number of hydrogen-bond acceptors (Lipinski definition) is 5. The second-order valence-corrected chi connectivity index (χ2v) is 18.4. The molecular formula is C44H54N2O5. The van der Waals surface area contributed by atoms with E-state index in [-0.39, 0.29) is 40.1 Å².